The van der Waals surface area contributed by atoms with Crippen molar-refractivity contribution in [2.45, 2.75) is 6.92 Å². The van der Waals surface area contributed by atoms with Gasteiger partial charge in [-0.1, -0.05) is 35.3 Å². The Morgan fingerprint density at radius 3 is 2.50 bits per heavy atom. The maximum absolute atomic E-state index is 11.9. The van der Waals surface area contributed by atoms with Gasteiger partial charge in [0.1, 0.15) is 0 Å². The van der Waals surface area contributed by atoms with Crippen LogP contribution in [0.3, 0.4) is 0 Å². The topological polar surface area (TPSA) is 70.2 Å². The summed E-state index contributed by atoms with van der Waals surface area (Å²) in [6.07, 6.45) is 0. The molecule has 2 aromatic rings. The van der Waals surface area contributed by atoms with E-state index in [0.29, 0.717) is 10.7 Å². The molecule has 0 radical (unpaired) electrons. The molecule has 2 aromatic carbocycles. The molecule has 5 nitrogen and oxygen atoms in total. The highest BCUT2D eigenvalue weighted by atomic mass is 35.5. The molecule has 0 saturated heterocycles. The van der Waals surface area contributed by atoms with Crippen molar-refractivity contribution >= 4 is 40.8 Å². The summed E-state index contributed by atoms with van der Waals surface area (Å²) in [5.74, 6) is -0.563. The molecular weight excluding hydrogens is 325 g/mol. The zero-order valence-electron chi connectivity index (χ0n) is 11.6. The van der Waals surface area contributed by atoms with E-state index >= 15 is 0 Å². The third-order valence-corrected chi connectivity index (χ3v) is 3.30. The van der Waals surface area contributed by atoms with Gasteiger partial charge in [0.25, 0.3) is 5.91 Å². The molecule has 0 bridgehead atoms. The average molecular weight is 338 g/mol. The number of anilines is 1. The maximum atomic E-state index is 11.9. The van der Waals surface area contributed by atoms with E-state index in [2.05, 4.69) is 16.2 Å². The molecule has 2 rings (SSSR count). The third kappa shape index (κ3) is 4.38. The number of hydrazine groups is 1. The molecule has 0 atom stereocenters. The molecular formula is C15H13Cl2N3O2. The molecule has 0 heterocycles. The van der Waals surface area contributed by atoms with Crippen LogP contribution >= 0.6 is 23.2 Å². The quantitative estimate of drug-likeness (QED) is 0.730. The number of aryl methyl sites for hydroxylation is 1. The molecule has 0 unspecified atom stereocenters. The van der Waals surface area contributed by atoms with E-state index in [1.165, 1.54) is 12.1 Å². The van der Waals surface area contributed by atoms with Gasteiger partial charge in [-0.25, -0.2) is 10.2 Å². The smallest absolute Gasteiger partial charge is 0.307 e. The highest BCUT2D eigenvalue weighted by Gasteiger charge is 2.12. The first-order valence-electron chi connectivity index (χ1n) is 6.35. The van der Waals surface area contributed by atoms with Crippen molar-refractivity contribution in [3.8, 4) is 0 Å². The van der Waals surface area contributed by atoms with Gasteiger partial charge in [-0.2, -0.15) is 0 Å². The van der Waals surface area contributed by atoms with E-state index in [-0.39, 0.29) is 10.6 Å². The van der Waals surface area contributed by atoms with Gasteiger partial charge in [0.05, 0.1) is 10.6 Å². The zero-order valence-corrected chi connectivity index (χ0v) is 13.1. The molecule has 7 heteroatoms. The second-order valence-electron chi connectivity index (χ2n) is 4.53. The van der Waals surface area contributed by atoms with E-state index in [4.69, 9.17) is 23.2 Å². The lowest BCUT2D eigenvalue weighted by atomic mass is 10.2. The predicted molar refractivity (Wildman–Crippen MR) is 87.3 cm³/mol. The summed E-state index contributed by atoms with van der Waals surface area (Å²) in [6.45, 7) is 1.91. The fourth-order valence-electron chi connectivity index (χ4n) is 1.74. The fraction of sp³-hybridized carbons (Fsp3) is 0.0667. The van der Waals surface area contributed by atoms with E-state index in [9.17, 15) is 9.59 Å². The molecule has 0 aliphatic carbocycles. The molecule has 0 aliphatic rings. The van der Waals surface area contributed by atoms with Crippen LogP contribution in [0.4, 0.5) is 10.5 Å². The molecule has 22 heavy (non-hydrogen) atoms. The first kappa shape index (κ1) is 16.1. The van der Waals surface area contributed by atoms with Crippen LogP contribution in [0.15, 0.2) is 42.5 Å². The highest BCUT2D eigenvalue weighted by Crippen LogP contribution is 2.20. The van der Waals surface area contributed by atoms with Crippen molar-refractivity contribution in [3.05, 3.63) is 63.6 Å². The summed E-state index contributed by atoms with van der Waals surface area (Å²) in [7, 11) is 0. The number of urea groups is 1. The Bertz CT molecular complexity index is 720. The number of halogens is 2. The minimum Gasteiger partial charge on any atom is -0.307 e. The van der Waals surface area contributed by atoms with Crippen LogP contribution in [0.2, 0.25) is 10.0 Å². The Morgan fingerprint density at radius 2 is 1.77 bits per heavy atom. The van der Waals surface area contributed by atoms with Crippen molar-refractivity contribution in [2.75, 3.05) is 5.32 Å². The number of hydrogen-bond donors (Lipinski definition) is 3. The second kappa shape index (κ2) is 7.15. The molecule has 0 fully saturated rings. The molecule has 0 spiro atoms. The molecule has 3 amide bonds. The van der Waals surface area contributed by atoms with Crippen molar-refractivity contribution in [1.82, 2.24) is 10.9 Å². The molecule has 0 aromatic heterocycles. The number of amides is 3. The maximum Gasteiger partial charge on any atom is 0.337 e. The summed E-state index contributed by atoms with van der Waals surface area (Å²) < 4.78 is 0. The standard InChI is InChI=1S/C15H13Cl2N3O2/c1-9-3-2-4-11(7-9)18-15(22)20-19-14(21)12-8-10(16)5-6-13(12)17/h2-8H,1H3,(H,19,21)(H2,18,20,22). The van der Waals surface area contributed by atoms with E-state index < -0.39 is 11.9 Å². The average Bonchev–Trinajstić information content (AvgIpc) is 2.47. The normalized spacial score (nSPS) is 9.95. The fourth-order valence-corrected chi connectivity index (χ4v) is 2.11. The van der Waals surface area contributed by atoms with Gasteiger partial charge >= 0.3 is 6.03 Å². The van der Waals surface area contributed by atoms with Crippen LogP contribution < -0.4 is 16.2 Å². The molecule has 3 N–H and O–H groups in total. The Labute approximate surface area is 137 Å². The van der Waals surface area contributed by atoms with Crippen molar-refractivity contribution < 1.29 is 9.59 Å². The highest BCUT2D eigenvalue weighted by molar-refractivity contribution is 6.35. The number of nitrogens with one attached hydrogen (secondary N) is 3. The zero-order chi connectivity index (χ0) is 16.1. The van der Waals surface area contributed by atoms with Gasteiger partial charge in [-0.3, -0.25) is 10.2 Å². The van der Waals surface area contributed by atoms with Crippen LogP contribution in [-0.4, -0.2) is 11.9 Å². The summed E-state index contributed by atoms with van der Waals surface area (Å²) in [5.41, 5.74) is 6.30. The SMILES string of the molecule is Cc1cccc(NC(=O)NNC(=O)c2cc(Cl)ccc2Cl)c1. The Balaban J connectivity index is 1.93. The van der Waals surface area contributed by atoms with Gasteiger partial charge in [0, 0.05) is 10.7 Å². The predicted octanol–water partition coefficient (Wildman–Crippen LogP) is 3.77. The number of rotatable bonds is 2. The van der Waals surface area contributed by atoms with Crippen molar-refractivity contribution in [3.63, 3.8) is 0 Å². The van der Waals surface area contributed by atoms with Crippen LogP contribution in [0, 0.1) is 6.92 Å². The minimum atomic E-state index is -0.572. The van der Waals surface area contributed by atoms with E-state index in [1.807, 2.05) is 19.1 Å². The second-order valence-corrected chi connectivity index (χ2v) is 5.37. The number of benzene rings is 2. The number of hydrogen-bond acceptors (Lipinski definition) is 2. The van der Waals surface area contributed by atoms with Gasteiger partial charge in [-0.15, -0.1) is 0 Å². The number of carbonyl (C=O) groups is 2. The monoisotopic (exact) mass is 337 g/mol. The summed E-state index contributed by atoms with van der Waals surface area (Å²) in [5, 5.41) is 3.20. The first-order valence-corrected chi connectivity index (χ1v) is 7.10. The Morgan fingerprint density at radius 1 is 1.00 bits per heavy atom. The first-order chi connectivity index (χ1) is 10.5. The molecule has 0 aliphatic heterocycles. The van der Waals surface area contributed by atoms with Crippen LogP contribution in [0.1, 0.15) is 15.9 Å². The van der Waals surface area contributed by atoms with Crippen molar-refractivity contribution in [1.29, 1.82) is 0 Å². The van der Waals surface area contributed by atoms with Gasteiger partial charge in [0.2, 0.25) is 0 Å². The molecule has 114 valence electrons. The minimum absolute atomic E-state index is 0.171. The van der Waals surface area contributed by atoms with Gasteiger partial charge in [0.15, 0.2) is 0 Å². The van der Waals surface area contributed by atoms with Crippen LogP contribution in [-0.2, 0) is 0 Å². The van der Waals surface area contributed by atoms with Gasteiger partial charge < -0.3 is 5.32 Å². The summed E-state index contributed by atoms with van der Waals surface area (Å²) in [4.78, 5) is 23.6. The largest absolute Gasteiger partial charge is 0.337 e. The number of carbonyl (C=O) groups excluding carboxylic acids is 2. The summed E-state index contributed by atoms with van der Waals surface area (Å²) in [6, 6.07) is 11.2. The van der Waals surface area contributed by atoms with E-state index in [0.717, 1.165) is 5.56 Å². The lowest BCUT2D eigenvalue weighted by molar-refractivity contribution is 0.0938. The van der Waals surface area contributed by atoms with Gasteiger partial charge in [-0.05, 0) is 42.8 Å². The Hall–Kier alpha value is -2.24. The third-order valence-electron chi connectivity index (χ3n) is 2.74. The van der Waals surface area contributed by atoms with Crippen LogP contribution in [0.25, 0.3) is 0 Å². The van der Waals surface area contributed by atoms with Crippen LogP contribution in [0.5, 0.6) is 0 Å². The summed E-state index contributed by atoms with van der Waals surface area (Å²) >= 11 is 11.7. The van der Waals surface area contributed by atoms with Crippen molar-refractivity contribution in [2.24, 2.45) is 0 Å². The lowest BCUT2D eigenvalue weighted by Crippen LogP contribution is -2.44. The Kier molecular flexibility index (Phi) is 5.25. The lowest BCUT2D eigenvalue weighted by Gasteiger charge is -2.10. The molecule has 0 saturated carbocycles. The van der Waals surface area contributed by atoms with E-state index in [1.54, 1.807) is 18.2 Å².